The van der Waals surface area contributed by atoms with Crippen molar-refractivity contribution < 1.29 is 0 Å². The molecule has 0 radical (unpaired) electrons. The van der Waals surface area contributed by atoms with Gasteiger partial charge in [0.05, 0.1) is 12.5 Å². The second-order valence-corrected chi connectivity index (χ2v) is 2.22. The molecule has 0 fully saturated rings. The summed E-state index contributed by atoms with van der Waals surface area (Å²) in [5.41, 5.74) is 0. The van der Waals surface area contributed by atoms with Crippen LogP contribution in [0.5, 0.6) is 0 Å². The minimum Gasteiger partial charge on any atom is -0.321 e. The van der Waals surface area contributed by atoms with Crippen LogP contribution in [0.4, 0.5) is 0 Å². The van der Waals surface area contributed by atoms with E-state index in [0.717, 1.165) is 6.42 Å². The highest BCUT2D eigenvalue weighted by Gasteiger charge is 2.01. The molecule has 0 saturated heterocycles. The topological polar surface area (TPSA) is 29.9 Å². The molecule has 0 aliphatic heterocycles. The van der Waals surface area contributed by atoms with Gasteiger partial charge in [-0.2, -0.15) is 0 Å². The molecule has 1 aromatic rings. The predicted octanol–water partition coefficient (Wildman–Crippen LogP) is 1.01. The Morgan fingerprint density at radius 1 is 1.70 bits per heavy atom. The summed E-state index contributed by atoms with van der Waals surface area (Å²) in [7, 11) is 1.95. The highest BCUT2D eigenvalue weighted by molar-refractivity contribution is 4.78. The van der Waals surface area contributed by atoms with Crippen molar-refractivity contribution in [3.8, 4) is 0 Å². The summed E-state index contributed by atoms with van der Waals surface area (Å²) in [6.45, 7) is 2.14. The molecule has 3 nitrogen and oxygen atoms in total. The molecule has 0 bridgehead atoms. The van der Waals surface area contributed by atoms with Gasteiger partial charge < -0.3 is 9.88 Å². The van der Waals surface area contributed by atoms with E-state index in [1.807, 2.05) is 19.6 Å². The van der Waals surface area contributed by atoms with Gasteiger partial charge in [-0.1, -0.05) is 6.92 Å². The Bertz CT molecular complexity index is 165. The number of rotatable bonds is 3. The molecule has 1 atom stereocenters. The van der Waals surface area contributed by atoms with Crippen LogP contribution >= 0.6 is 0 Å². The molecule has 0 aliphatic carbocycles. The van der Waals surface area contributed by atoms with Crippen LogP contribution in [0.2, 0.25) is 0 Å². The Morgan fingerprint density at radius 3 is 2.90 bits per heavy atom. The second-order valence-electron chi connectivity index (χ2n) is 2.22. The maximum atomic E-state index is 3.96. The summed E-state index contributed by atoms with van der Waals surface area (Å²) in [6.07, 6.45) is 7.05. The molecule has 3 heteroatoms. The minimum absolute atomic E-state index is 0.391. The molecule has 0 aromatic carbocycles. The van der Waals surface area contributed by atoms with E-state index in [2.05, 4.69) is 21.8 Å². The van der Waals surface area contributed by atoms with Gasteiger partial charge in [0.1, 0.15) is 0 Å². The summed E-state index contributed by atoms with van der Waals surface area (Å²) in [4.78, 5) is 3.96. The third kappa shape index (κ3) is 1.36. The van der Waals surface area contributed by atoms with Crippen LogP contribution in [0.3, 0.4) is 0 Å². The number of hydrogen-bond donors (Lipinski definition) is 1. The van der Waals surface area contributed by atoms with Crippen LogP contribution in [-0.4, -0.2) is 16.6 Å². The maximum Gasteiger partial charge on any atom is 0.0959 e. The number of nitrogens with one attached hydrogen (secondary N) is 1. The number of nitrogens with zero attached hydrogens (tertiary/aromatic N) is 2. The average molecular weight is 139 g/mol. The largest absolute Gasteiger partial charge is 0.321 e. The predicted molar refractivity (Wildman–Crippen MR) is 40.6 cm³/mol. The molecule has 1 heterocycles. The van der Waals surface area contributed by atoms with Crippen molar-refractivity contribution >= 4 is 0 Å². The summed E-state index contributed by atoms with van der Waals surface area (Å²) >= 11 is 0. The molecule has 1 N–H and O–H groups in total. The molecule has 0 aliphatic rings. The first-order valence-electron chi connectivity index (χ1n) is 3.53. The molecule has 1 aromatic heterocycles. The lowest BCUT2D eigenvalue weighted by Gasteiger charge is -2.14. The van der Waals surface area contributed by atoms with Crippen molar-refractivity contribution in [2.75, 3.05) is 7.05 Å². The number of imidazole rings is 1. The van der Waals surface area contributed by atoms with Crippen LogP contribution in [-0.2, 0) is 0 Å². The van der Waals surface area contributed by atoms with E-state index in [0.29, 0.717) is 6.17 Å². The van der Waals surface area contributed by atoms with Gasteiger partial charge in [0, 0.05) is 12.4 Å². The Kier molecular flexibility index (Phi) is 2.45. The Labute approximate surface area is 61.1 Å². The highest BCUT2D eigenvalue weighted by atomic mass is 15.2. The summed E-state index contributed by atoms with van der Waals surface area (Å²) in [6, 6.07) is 0. The van der Waals surface area contributed by atoms with E-state index in [1.165, 1.54) is 0 Å². The maximum absolute atomic E-state index is 3.96. The van der Waals surface area contributed by atoms with Gasteiger partial charge in [0.2, 0.25) is 0 Å². The van der Waals surface area contributed by atoms with Crippen molar-refractivity contribution in [2.24, 2.45) is 0 Å². The zero-order chi connectivity index (χ0) is 7.40. The molecule has 1 rings (SSSR count). The Balaban J connectivity index is 2.64. The lowest BCUT2D eigenvalue weighted by atomic mass is 10.4. The van der Waals surface area contributed by atoms with E-state index in [4.69, 9.17) is 0 Å². The molecule has 0 spiro atoms. The highest BCUT2D eigenvalue weighted by Crippen LogP contribution is 2.03. The molecule has 10 heavy (non-hydrogen) atoms. The van der Waals surface area contributed by atoms with Crippen LogP contribution < -0.4 is 5.32 Å². The lowest BCUT2D eigenvalue weighted by Crippen LogP contribution is -2.20. The first kappa shape index (κ1) is 7.28. The molecule has 56 valence electrons. The van der Waals surface area contributed by atoms with Gasteiger partial charge in [0.25, 0.3) is 0 Å². The number of hydrogen-bond acceptors (Lipinski definition) is 2. The minimum atomic E-state index is 0.391. The first-order valence-corrected chi connectivity index (χ1v) is 3.53. The van der Waals surface area contributed by atoms with Gasteiger partial charge in [-0.25, -0.2) is 4.98 Å². The fourth-order valence-electron chi connectivity index (χ4n) is 1.02. The van der Waals surface area contributed by atoms with Gasteiger partial charge in [0.15, 0.2) is 0 Å². The zero-order valence-corrected chi connectivity index (χ0v) is 6.41. The van der Waals surface area contributed by atoms with Gasteiger partial charge in [-0.05, 0) is 13.5 Å². The Morgan fingerprint density at radius 2 is 2.50 bits per heavy atom. The summed E-state index contributed by atoms with van der Waals surface area (Å²) in [5.74, 6) is 0. The van der Waals surface area contributed by atoms with Crippen molar-refractivity contribution in [1.29, 1.82) is 0 Å². The molecule has 0 saturated carbocycles. The van der Waals surface area contributed by atoms with Crippen molar-refractivity contribution in [1.82, 2.24) is 14.9 Å². The van der Waals surface area contributed by atoms with Gasteiger partial charge in [-0.3, -0.25) is 0 Å². The van der Waals surface area contributed by atoms with Crippen LogP contribution in [0.15, 0.2) is 18.7 Å². The van der Waals surface area contributed by atoms with Crippen molar-refractivity contribution in [2.45, 2.75) is 19.5 Å². The average Bonchev–Trinajstić information content (AvgIpc) is 2.43. The van der Waals surface area contributed by atoms with Crippen LogP contribution in [0.25, 0.3) is 0 Å². The summed E-state index contributed by atoms with van der Waals surface area (Å²) in [5, 5.41) is 3.18. The Hall–Kier alpha value is -0.830. The fraction of sp³-hybridized carbons (Fsp3) is 0.571. The van der Waals surface area contributed by atoms with E-state index >= 15 is 0 Å². The smallest absolute Gasteiger partial charge is 0.0959 e. The van der Waals surface area contributed by atoms with E-state index in [-0.39, 0.29) is 0 Å². The van der Waals surface area contributed by atoms with E-state index in [9.17, 15) is 0 Å². The molecular weight excluding hydrogens is 126 g/mol. The third-order valence-corrected chi connectivity index (χ3v) is 1.60. The van der Waals surface area contributed by atoms with Crippen LogP contribution in [0, 0.1) is 0 Å². The normalized spacial score (nSPS) is 13.4. The van der Waals surface area contributed by atoms with Crippen molar-refractivity contribution in [3.05, 3.63) is 18.7 Å². The third-order valence-electron chi connectivity index (χ3n) is 1.60. The first-order chi connectivity index (χ1) is 4.88. The van der Waals surface area contributed by atoms with Gasteiger partial charge >= 0.3 is 0 Å². The SMILES string of the molecule is CCC(NC)n1ccnc1. The quantitative estimate of drug-likeness (QED) is 0.677. The molecular formula is C7H13N3. The standard InChI is InChI=1S/C7H13N3/c1-3-7(8-2)10-5-4-9-6-10/h4-8H,3H2,1-2H3. The van der Waals surface area contributed by atoms with E-state index < -0.39 is 0 Å². The molecule has 0 amide bonds. The lowest BCUT2D eigenvalue weighted by molar-refractivity contribution is 0.424. The van der Waals surface area contributed by atoms with Crippen LogP contribution in [0.1, 0.15) is 19.5 Å². The van der Waals surface area contributed by atoms with Gasteiger partial charge in [-0.15, -0.1) is 0 Å². The summed E-state index contributed by atoms with van der Waals surface area (Å²) < 4.78 is 2.06. The second kappa shape index (κ2) is 3.37. The van der Waals surface area contributed by atoms with E-state index in [1.54, 1.807) is 6.20 Å². The molecule has 1 unspecified atom stereocenters. The fourth-order valence-corrected chi connectivity index (χ4v) is 1.02. The zero-order valence-electron chi connectivity index (χ0n) is 6.41. The van der Waals surface area contributed by atoms with Crippen molar-refractivity contribution in [3.63, 3.8) is 0 Å². The number of aromatic nitrogens is 2. The monoisotopic (exact) mass is 139 g/mol.